The van der Waals surface area contributed by atoms with Gasteiger partial charge in [0.05, 0.1) is 6.33 Å². The fourth-order valence-corrected chi connectivity index (χ4v) is 0.867. The van der Waals surface area contributed by atoms with Crippen LogP contribution in [0.1, 0.15) is 0 Å². The quantitative estimate of drug-likeness (QED) is 0.370. The Morgan fingerprint density at radius 1 is 1.25 bits per heavy atom. The Morgan fingerprint density at radius 2 is 2.00 bits per heavy atom. The van der Waals surface area contributed by atoms with E-state index in [2.05, 4.69) is 19.9 Å². The van der Waals surface area contributed by atoms with Gasteiger partial charge in [0.2, 0.25) is 0 Å². The van der Waals surface area contributed by atoms with Crippen molar-refractivity contribution in [1.82, 2.24) is 19.9 Å². The average Bonchev–Trinajstić information content (AvgIpc) is 2.34. The molecule has 2 aromatic rings. The molecule has 6 nitrogen and oxygen atoms in total. The molecule has 12 heavy (non-hydrogen) atoms. The van der Waals surface area contributed by atoms with Crippen molar-refractivity contribution in [2.75, 3.05) is 0 Å². The number of aromatic nitrogens is 4. The Morgan fingerprint density at radius 3 is 2.75 bits per heavy atom. The number of imidazole rings is 1. The molecule has 0 spiro atoms. The monoisotopic (exact) mass is 191 g/mol. The SMILES string of the molecule is O=c1[nH]c(=O)c2[nH]cnc2[nH]1.[K+]. The average molecular weight is 191 g/mol. The number of H-pyrrole nitrogens is 3. The Bertz CT molecular complexity index is 496. The third kappa shape index (κ3) is 1.59. The first-order valence-electron chi connectivity index (χ1n) is 2.93. The maximum atomic E-state index is 10.9. The molecule has 0 saturated heterocycles. The van der Waals surface area contributed by atoms with Crippen LogP contribution in [0.15, 0.2) is 15.9 Å². The van der Waals surface area contributed by atoms with E-state index in [1.54, 1.807) is 0 Å². The van der Waals surface area contributed by atoms with Crippen molar-refractivity contribution in [3.05, 3.63) is 27.2 Å². The Balaban J connectivity index is 0.000000720. The third-order valence-corrected chi connectivity index (χ3v) is 1.33. The van der Waals surface area contributed by atoms with Gasteiger partial charge in [0.1, 0.15) is 5.52 Å². The van der Waals surface area contributed by atoms with Gasteiger partial charge in [-0.15, -0.1) is 0 Å². The summed E-state index contributed by atoms with van der Waals surface area (Å²) in [6, 6.07) is 0. The van der Waals surface area contributed by atoms with Gasteiger partial charge in [-0.1, -0.05) is 0 Å². The molecule has 0 bridgehead atoms. The molecule has 3 N–H and O–H groups in total. The molecule has 0 aliphatic heterocycles. The van der Waals surface area contributed by atoms with E-state index in [1.807, 2.05) is 0 Å². The first kappa shape index (κ1) is 9.87. The van der Waals surface area contributed by atoms with E-state index in [4.69, 9.17) is 0 Å². The molecule has 0 saturated carbocycles. The van der Waals surface area contributed by atoms with Crippen LogP contribution >= 0.6 is 0 Å². The summed E-state index contributed by atoms with van der Waals surface area (Å²) < 4.78 is 0. The molecule has 0 radical (unpaired) electrons. The second-order valence-electron chi connectivity index (χ2n) is 2.03. The van der Waals surface area contributed by atoms with E-state index >= 15 is 0 Å². The van der Waals surface area contributed by atoms with Crippen molar-refractivity contribution >= 4 is 11.2 Å². The van der Waals surface area contributed by atoms with Gasteiger partial charge < -0.3 is 4.98 Å². The van der Waals surface area contributed by atoms with Crippen LogP contribution in [0.5, 0.6) is 0 Å². The topological polar surface area (TPSA) is 94.4 Å². The van der Waals surface area contributed by atoms with Crippen LogP contribution in [0.4, 0.5) is 0 Å². The van der Waals surface area contributed by atoms with E-state index in [9.17, 15) is 9.59 Å². The van der Waals surface area contributed by atoms with Crippen molar-refractivity contribution in [3.63, 3.8) is 0 Å². The fourth-order valence-electron chi connectivity index (χ4n) is 0.867. The van der Waals surface area contributed by atoms with E-state index in [-0.39, 0.29) is 62.5 Å². The molecule has 0 atom stereocenters. The molecule has 2 heterocycles. The van der Waals surface area contributed by atoms with Gasteiger partial charge in [0.25, 0.3) is 5.56 Å². The molecule has 2 rings (SSSR count). The van der Waals surface area contributed by atoms with Gasteiger partial charge in [0.15, 0.2) is 5.65 Å². The predicted octanol–water partition coefficient (Wildman–Crippen LogP) is -4.06. The molecule has 0 unspecified atom stereocenters. The van der Waals surface area contributed by atoms with Gasteiger partial charge in [0, 0.05) is 0 Å². The van der Waals surface area contributed by atoms with Gasteiger partial charge in [-0.2, -0.15) is 0 Å². The number of fused-ring (bicyclic) bond motifs is 1. The van der Waals surface area contributed by atoms with Crippen LogP contribution in [0.3, 0.4) is 0 Å². The Labute approximate surface area is 108 Å². The molecule has 0 fully saturated rings. The smallest absolute Gasteiger partial charge is 0.339 e. The molecular weight excluding hydrogens is 187 g/mol. The summed E-state index contributed by atoms with van der Waals surface area (Å²) in [4.78, 5) is 32.3. The van der Waals surface area contributed by atoms with Crippen LogP contribution in [0, 0.1) is 0 Å². The summed E-state index contributed by atoms with van der Waals surface area (Å²) >= 11 is 0. The van der Waals surface area contributed by atoms with Crippen LogP contribution in [-0.4, -0.2) is 19.9 Å². The number of aromatic amines is 3. The zero-order chi connectivity index (χ0) is 7.84. The Hall–Kier alpha value is -0.214. The molecule has 0 aliphatic rings. The van der Waals surface area contributed by atoms with E-state index in [1.165, 1.54) is 6.33 Å². The number of rotatable bonds is 0. The number of hydrogen-bond acceptors (Lipinski definition) is 3. The molecule has 0 aliphatic carbocycles. The van der Waals surface area contributed by atoms with E-state index in [0.717, 1.165) is 0 Å². The number of nitrogens with one attached hydrogen (secondary N) is 3. The van der Waals surface area contributed by atoms with Gasteiger partial charge in [-0.25, -0.2) is 9.78 Å². The minimum Gasteiger partial charge on any atom is -0.339 e. The number of nitrogens with zero attached hydrogens (tertiary/aromatic N) is 1. The van der Waals surface area contributed by atoms with Crippen molar-refractivity contribution in [3.8, 4) is 0 Å². The summed E-state index contributed by atoms with van der Waals surface area (Å²) in [5.41, 5.74) is -0.445. The predicted molar refractivity (Wildman–Crippen MR) is 37.3 cm³/mol. The maximum Gasteiger partial charge on any atom is 1.00 e. The zero-order valence-corrected chi connectivity index (χ0v) is 9.46. The molecule has 2 aromatic heterocycles. The third-order valence-electron chi connectivity index (χ3n) is 1.33. The van der Waals surface area contributed by atoms with Gasteiger partial charge in [-0.3, -0.25) is 14.8 Å². The normalized spacial score (nSPS) is 9.67. The summed E-state index contributed by atoms with van der Waals surface area (Å²) in [6.07, 6.45) is 1.34. The molecule has 56 valence electrons. The summed E-state index contributed by atoms with van der Waals surface area (Å²) in [5, 5.41) is 0. The first-order chi connectivity index (χ1) is 5.27. The van der Waals surface area contributed by atoms with Crippen molar-refractivity contribution in [1.29, 1.82) is 0 Å². The molecule has 0 aromatic carbocycles. The van der Waals surface area contributed by atoms with Crippen molar-refractivity contribution < 1.29 is 51.4 Å². The summed E-state index contributed by atoms with van der Waals surface area (Å²) in [5.74, 6) is 0. The van der Waals surface area contributed by atoms with Crippen LogP contribution in [-0.2, 0) is 0 Å². The zero-order valence-electron chi connectivity index (χ0n) is 6.34. The molecule has 7 heteroatoms. The van der Waals surface area contributed by atoms with E-state index in [0.29, 0.717) is 0 Å². The van der Waals surface area contributed by atoms with Crippen LogP contribution < -0.4 is 62.6 Å². The second kappa shape index (κ2) is 3.67. The van der Waals surface area contributed by atoms with Crippen molar-refractivity contribution in [2.24, 2.45) is 0 Å². The maximum absolute atomic E-state index is 10.9. The van der Waals surface area contributed by atoms with Crippen LogP contribution in [0.2, 0.25) is 0 Å². The molecule has 0 amide bonds. The molecular formula is C5H4KN4O2+. The van der Waals surface area contributed by atoms with Crippen molar-refractivity contribution in [2.45, 2.75) is 0 Å². The van der Waals surface area contributed by atoms with Crippen LogP contribution in [0.25, 0.3) is 11.2 Å². The Kier molecular flexibility index (Phi) is 3.02. The minimum atomic E-state index is -0.547. The summed E-state index contributed by atoms with van der Waals surface area (Å²) in [7, 11) is 0. The number of hydrogen-bond donors (Lipinski definition) is 3. The van der Waals surface area contributed by atoms with Gasteiger partial charge >= 0.3 is 57.1 Å². The van der Waals surface area contributed by atoms with E-state index < -0.39 is 11.2 Å². The summed E-state index contributed by atoms with van der Waals surface area (Å²) in [6.45, 7) is 0. The van der Waals surface area contributed by atoms with Gasteiger partial charge in [-0.05, 0) is 0 Å². The standard InChI is InChI=1S/C5H4N4O2.K/c10-4-2-3(7-1-6-2)8-5(11)9-4;/h1H,(H3,6,7,8,9,10,11);/q;+1. The largest absolute Gasteiger partial charge is 1.00 e. The first-order valence-corrected chi connectivity index (χ1v) is 2.93. The minimum absolute atomic E-state index is 0. The fraction of sp³-hybridized carbons (Fsp3) is 0. The second-order valence-corrected chi connectivity index (χ2v) is 2.03.